The maximum absolute atomic E-state index is 12.8. The van der Waals surface area contributed by atoms with E-state index in [1.165, 1.54) is 22.7 Å². The number of nitrogen functional groups attached to an aromatic ring is 1. The Bertz CT molecular complexity index is 1270. The molecule has 3 heterocycles. The van der Waals surface area contributed by atoms with Crippen LogP contribution in [0, 0.1) is 0 Å². The SMILES string of the molecule is CCOC(=O)Cc1csc(NC(=O)c2sc3nc(-c4ccc(Cl)cc4)ccc3c2N)n1. The number of nitrogens with one attached hydrogen (secondary N) is 1. The van der Waals surface area contributed by atoms with Crippen molar-refractivity contribution in [2.45, 2.75) is 13.3 Å². The van der Waals surface area contributed by atoms with Crippen LogP contribution in [0.25, 0.3) is 21.5 Å². The standard InChI is InChI=1S/C21H17ClN4O3S2/c1-2-29-16(27)9-13-10-30-21(24-13)26-19(28)18-17(23)14-7-8-15(25-20(14)31-18)11-3-5-12(22)6-4-11/h3-8,10H,2,9,23H2,1H3,(H,24,26,28). The Labute approximate surface area is 190 Å². The minimum Gasteiger partial charge on any atom is -0.466 e. The molecule has 0 unspecified atom stereocenters. The molecule has 158 valence electrons. The van der Waals surface area contributed by atoms with E-state index in [1.807, 2.05) is 24.3 Å². The smallest absolute Gasteiger partial charge is 0.311 e. The highest BCUT2D eigenvalue weighted by Crippen LogP contribution is 2.35. The third-order valence-corrected chi connectivity index (χ3v) is 6.52. The molecule has 4 rings (SSSR count). The highest BCUT2D eigenvalue weighted by Gasteiger charge is 2.19. The van der Waals surface area contributed by atoms with Crippen LogP contribution >= 0.6 is 34.3 Å². The number of amides is 1. The fourth-order valence-electron chi connectivity index (χ4n) is 2.91. The van der Waals surface area contributed by atoms with Gasteiger partial charge in [-0.05, 0) is 31.2 Å². The van der Waals surface area contributed by atoms with E-state index < -0.39 is 0 Å². The molecule has 0 bridgehead atoms. The van der Waals surface area contributed by atoms with Crippen molar-refractivity contribution in [1.29, 1.82) is 0 Å². The number of nitrogens with zero attached hydrogens (tertiary/aromatic N) is 2. The Morgan fingerprint density at radius 2 is 1.94 bits per heavy atom. The first-order chi connectivity index (χ1) is 14.9. The number of hydrogen-bond donors (Lipinski definition) is 2. The number of carbonyl (C=O) groups excluding carboxylic acids is 2. The number of thiophene rings is 1. The second kappa shape index (κ2) is 9.01. The van der Waals surface area contributed by atoms with Gasteiger partial charge in [0.05, 0.1) is 30.1 Å². The van der Waals surface area contributed by atoms with Crippen molar-refractivity contribution in [2.24, 2.45) is 0 Å². The fraction of sp³-hybridized carbons (Fsp3) is 0.143. The van der Waals surface area contributed by atoms with Gasteiger partial charge in [0.25, 0.3) is 5.91 Å². The van der Waals surface area contributed by atoms with Crippen LogP contribution in [-0.2, 0) is 16.0 Å². The minimum atomic E-state index is -0.370. The largest absolute Gasteiger partial charge is 0.466 e. The lowest BCUT2D eigenvalue weighted by molar-refractivity contribution is -0.142. The van der Waals surface area contributed by atoms with Crippen LogP contribution in [0.5, 0.6) is 0 Å². The van der Waals surface area contributed by atoms with Crippen molar-refractivity contribution in [2.75, 3.05) is 17.7 Å². The number of pyridine rings is 1. The Kier molecular flexibility index (Phi) is 6.17. The highest BCUT2D eigenvalue weighted by atomic mass is 35.5. The Morgan fingerprint density at radius 3 is 2.68 bits per heavy atom. The Hall–Kier alpha value is -3.01. The molecule has 0 aliphatic rings. The molecule has 10 heteroatoms. The summed E-state index contributed by atoms with van der Waals surface area (Å²) in [7, 11) is 0. The van der Waals surface area contributed by atoms with Crippen LogP contribution in [0.4, 0.5) is 10.8 Å². The maximum atomic E-state index is 12.8. The Morgan fingerprint density at radius 1 is 1.16 bits per heavy atom. The zero-order valence-electron chi connectivity index (χ0n) is 16.3. The number of aromatic nitrogens is 2. The summed E-state index contributed by atoms with van der Waals surface area (Å²) in [4.78, 5) is 34.3. The lowest BCUT2D eigenvalue weighted by Gasteiger charge is -2.01. The predicted octanol–water partition coefficient (Wildman–Crippen LogP) is 5.01. The maximum Gasteiger partial charge on any atom is 0.311 e. The van der Waals surface area contributed by atoms with Crippen LogP contribution in [0.3, 0.4) is 0 Å². The average molecular weight is 473 g/mol. The molecule has 1 amide bonds. The van der Waals surface area contributed by atoms with Crippen LogP contribution in [0.2, 0.25) is 5.02 Å². The van der Waals surface area contributed by atoms with Gasteiger partial charge in [-0.2, -0.15) is 0 Å². The molecule has 0 aliphatic carbocycles. The van der Waals surface area contributed by atoms with Gasteiger partial charge in [0.1, 0.15) is 9.71 Å². The number of anilines is 2. The number of esters is 1. The molecule has 7 nitrogen and oxygen atoms in total. The number of halogens is 1. The molecule has 31 heavy (non-hydrogen) atoms. The van der Waals surface area contributed by atoms with E-state index in [-0.39, 0.29) is 18.3 Å². The van der Waals surface area contributed by atoms with Gasteiger partial charge in [-0.3, -0.25) is 14.9 Å². The number of carbonyl (C=O) groups is 2. The first-order valence-electron chi connectivity index (χ1n) is 9.31. The first kappa shape index (κ1) is 21.2. The average Bonchev–Trinajstić information content (AvgIpc) is 3.32. The summed E-state index contributed by atoms with van der Waals surface area (Å²) in [5.74, 6) is -0.729. The third-order valence-electron chi connectivity index (χ3n) is 4.34. The van der Waals surface area contributed by atoms with Gasteiger partial charge in [-0.25, -0.2) is 9.97 Å². The van der Waals surface area contributed by atoms with Gasteiger partial charge in [-0.15, -0.1) is 22.7 Å². The number of fused-ring (bicyclic) bond motifs is 1. The van der Waals surface area contributed by atoms with Crippen LogP contribution < -0.4 is 11.1 Å². The van der Waals surface area contributed by atoms with Crippen molar-refractivity contribution in [3.63, 3.8) is 0 Å². The molecule has 1 aromatic carbocycles. The summed E-state index contributed by atoms with van der Waals surface area (Å²) in [5.41, 5.74) is 8.81. The zero-order chi connectivity index (χ0) is 22.0. The highest BCUT2D eigenvalue weighted by molar-refractivity contribution is 7.21. The van der Waals surface area contributed by atoms with E-state index in [4.69, 9.17) is 22.1 Å². The summed E-state index contributed by atoms with van der Waals surface area (Å²) in [6, 6.07) is 11.1. The molecule has 0 fully saturated rings. The summed E-state index contributed by atoms with van der Waals surface area (Å²) in [6.45, 7) is 2.05. The molecule has 3 N–H and O–H groups in total. The van der Waals surface area contributed by atoms with E-state index in [0.29, 0.717) is 37.8 Å². The topological polar surface area (TPSA) is 107 Å². The fourth-order valence-corrected chi connectivity index (χ4v) is 4.73. The number of ether oxygens (including phenoxy) is 1. The van der Waals surface area contributed by atoms with E-state index in [2.05, 4.69) is 15.3 Å². The molecule has 0 aliphatic heterocycles. The second-order valence-electron chi connectivity index (χ2n) is 6.48. The van der Waals surface area contributed by atoms with Crippen molar-refractivity contribution >= 4 is 67.2 Å². The number of hydrogen-bond acceptors (Lipinski definition) is 8. The zero-order valence-corrected chi connectivity index (χ0v) is 18.7. The predicted molar refractivity (Wildman–Crippen MR) is 125 cm³/mol. The van der Waals surface area contributed by atoms with E-state index in [0.717, 1.165) is 16.6 Å². The van der Waals surface area contributed by atoms with Crippen LogP contribution in [-0.4, -0.2) is 28.5 Å². The van der Waals surface area contributed by atoms with Gasteiger partial charge in [0.15, 0.2) is 5.13 Å². The first-order valence-corrected chi connectivity index (χ1v) is 11.4. The lowest BCUT2D eigenvalue weighted by atomic mass is 10.1. The summed E-state index contributed by atoms with van der Waals surface area (Å²) < 4.78 is 4.91. The number of nitrogens with two attached hydrogens (primary N) is 1. The number of benzene rings is 1. The third kappa shape index (κ3) is 4.68. The molecule has 0 saturated heterocycles. The van der Waals surface area contributed by atoms with Gasteiger partial charge < -0.3 is 10.5 Å². The summed E-state index contributed by atoms with van der Waals surface area (Å²) in [5, 5.41) is 6.20. The van der Waals surface area contributed by atoms with Crippen LogP contribution in [0.1, 0.15) is 22.3 Å². The molecule has 0 saturated carbocycles. The lowest BCUT2D eigenvalue weighted by Crippen LogP contribution is -2.12. The minimum absolute atomic E-state index is 0.0582. The van der Waals surface area contributed by atoms with Crippen molar-refractivity contribution in [3.8, 4) is 11.3 Å². The van der Waals surface area contributed by atoms with Crippen LogP contribution in [0.15, 0.2) is 41.8 Å². The number of thiazole rings is 1. The van der Waals surface area contributed by atoms with Gasteiger partial charge in [0, 0.05) is 21.4 Å². The summed E-state index contributed by atoms with van der Waals surface area (Å²) in [6.07, 6.45) is 0.0582. The molecule has 0 spiro atoms. The van der Waals surface area contributed by atoms with Gasteiger partial charge in [-0.1, -0.05) is 23.7 Å². The normalized spacial score (nSPS) is 10.9. The van der Waals surface area contributed by atoms with Gasteiger partial charge >= 0.3 is 5.97 Å². The summed E-state index contributed by atoms with van der Waals surface area (Å²) >= 11 is 8.40. The molecular formula is C21H17ClN4O3S2. The monoisotopic (exact) mass is 472 g/mol. The van der Waals surface area contributed by atoms with Gasteiger partial charge in [0.2, 0.25) is 0 Å². The quantitative estimate of drug-likeness (QED) is 0.382. The molecule has 0 atom stereocenters. The van der Waals surface area contributed by atoms with E-state index >= 15 is 0 Å². The molecular weight excluding hydrogens is 456 g/mol. The number of rotatable bonds is 6. The van der Waals surface area contributed by atoms with Crippen molar-refractivity contribution < 1.29 is 14.3 Å². The van der Waals surface area contributed by atoms with E-state index in [1.54, 1.807) is 24.4 Å². The molecule has 0 radical (unpaired) electrons. The molecule has 3 aromatic heterocycles. The Balaban J connectivity index is 1.54. The molecule has 4 aromatic rings. The van der Waals surface area contributed by atoms with E-state index in [9.17, 15) is 9.59 Å². The van der Waals surface area contributed by atoms with Crippen molar-refractivity contribution in [3.05, 3.63) is 57.4 Å². The second-order valence-corrected chi connectivity index (χ2v) is 8.77. The van der Waals surface area contributed by atoms with Crippen molar-refractivity contribution in [1.82, 2.24) is 9.97 Å².